The van der Waals surface area contributed by atoms with Crippen LogP contribution in [0.15, 0.2) is 30.6 Å². The number of nitrogens with zero attached hydrogens (tertiary/aromatic N) is 3. The lowest BCUT2D eigenvalue weighted by molar-refractivity contribution is -0.138. The van der Waals surface area contributed by atoms with E-state index >= 15 is 0 Å². The van der Waals surface area contributed by atoms with E-state index in [1.165, 1.54) is 12.1 Å². The third kappa shape index (κ3) is 4.42. The number of hydrogen-bond acceptors (Lipinski definition) is 5. The van der Waals surface area contributed by atoms with Gasteiger partial charge < -0.3 is 20.1 Å². The summed E-state index contributed by atoms with van der Waals surface area (Å²) in [5, 5.41) is 11.6. The number of aromatic nitrogens is 2. The SMILES string of the molecule is O=C(O)N1CCOC(c2ccc(Nc3ncc(C(F)(F)F)cn3)cc2F)C1. The van der Waals surface area contributed by atoms with Crippen LogP contribution in [0.25, 0.3) is 0 Å². The van der Waals surface area contributed by atoms with Crippen LogP contribution in [0, 0.1) is 5.82 Å². The van der Waals surface area contributed by atoms with Crippen LogP contribution in [0.1, 0.15) is 17.2 Å². The molecule has 7 nitrogen and oxygen atoms in total. The average molecular weight is 386 g/mol. The van der Waals surface area contributed by atoms with E-state index in [2.05, 4.69) is 15.3 Å². The molecule has 2 heterocycles. The van der Waals surface area contributed by atoms with Gasteiger partial charge in [0.05, 0.1) is 18.7 Å². The van der Waals surface area contributed by atoms with Gasteiger partial charge in [0.15, 0.2) is 0 Å². The Hall–Kier alpha value is -2.95. The largest absolute Gasteiger partial charge is 0.465 e. The summed E-state index contributed by atoms with van der Waals surface area (Å²) in [5.74, 6) is -0.773. The molecule has 1 atom stereocenters. The van der Waals surface area contributed by atoms with Crippen LogP contribution in [0.5, 0.6) is 0 Å². The topological polar surface area (TPSA) is 87.6 Å². The molecular formula is C16H14F4N4O3. The molecule has 1 unspecified atom stereocenters. The number of carbonyl (C=O) groups is 1. The smallest absolute Gasteiger partial charge is 0.419 e. The summed E-state index contributed by atoms with van der Waals surface area (Å²) in [6.45, 7) is 0.356. The Labute approximate surface area is 150 Å². The Morgan fingerprint density at radius 3 is 2.59 bits per heavy atom. The zero-order valence-electron chi connectivity index (χ0n) is 13.7. The molecule has 1 saturated heterocycles. The minimum absolute atomic E-state index is 0.00104. The molecule has 0 spiro atoms. The second kappa shape index (κ2) is 7.35. The number of ether oxygens (including phenoxy) is 1. The maximum atomic E-state index is 14.4. The van der Waals surface area contributed by atoms with Crippen molar-refractivity contribution in [3.05, 3.63) is 47.5 Å². The number of nitrogens with one attached hydrogen (secondary N) is 1. The van der Waals surface area contributed by atoms with Crippen molar-refractivity contribution in [2.45, 2.75) is 12.3 Å². The maximum Gasteiger partial charge on any atom is 0.419 e. The average Bonchev–Trinajstić information content (AvgIpc) is 2.61. The van der Waals surface area contributed by atoms with Crippen molar-refractivity contribution < 1.29 is 32.2 Å². The molecule has 1 amide bonds. The molecule has 27 heavy (non-hydrogen) atoms. The molecule has 0 radical (unpaired) electrons. The zero-order chi connectivity index (χ0) is 19.6. The van der Waals surface area contributed by atoms with Crippen molar-refractivity contribution in [2.75, 3.05) is 25.0 Å². The highest BCUT2D eigenvalue weighted by molar-refractivity contribution is 5.65. The van der Waals surface area contributed by atoms with E-state index in [4.69, 9.17) is 9.84 Å². The summed E-state index contributed by atoms with van der Waals surface area (Å²) < 4.78 is 57.3. The summed E-state index contributed by atoms with van der Waals surface area (Å²) in [5.41, 5.74) is -0.589. The molecule has 1 aromatic heterocycles. The van der Waals surface area contributed by atoms with Crippen LogP contribution in [0.2, 0.25) is 0 Å². The molecule has 3 rings (SSSR count). The first-order valence-electron chi connectivity index (χ1n) is 7.79. The monoisotopic (exact) mass is 386 g/mol. The quantitative estimate of drug-likeness (QED) is 0.786. The van der Waals surface area contributed by atoms with Gasteiger partial charge in [0.1, 0.15) is 11.9 Å². The van der Waals surface area contributed by atoms with Gasteiger partial charge in [0.25, 0.3) is 0 Å². The van der Waals surface area contributed by atoms with Crippen LogP contribution in [0.4, 0.5) is 34.0 Å². The van der Waals surface area contributed by atoms with Crippen LogP contribution >= 0.6 is 0 Å². The fraction of sp³-hybridized carbons (Fsp3) is 0.312. The summed E-state index contributed by atoms with van der Waals surface area (Å²) >= 11 is 0. The fourth-order valence-electron chi connectivity index (χ4n) is 2.55. The van der Waals surface area contributed by atoms with Gasteiger partial charge in [0, 0.05) is 30.2 Å². The van der Waals surface area contributed by atoms with Gasteiger partial charge in [-0.15, -0.1) is 0 Å². The predicted molar refractivity (Wildman–Crippen MR) is 85.0 cm³/mol. The molecule has 1 aliphatic rings. The Bertz CT molecular complexity index is 829. The lowest BCUT2D eigenvalue weighted by atomic mass is 10.1. The third-order valence-electron chi connectivity index (χ3n) is 3.92. The number of rotatable bonds is 3. The number of benzene rings is 1. The van der Waals surface area contributed by atoms with Gasteiger partial charge in [-0.2, -0.15) is 13.2 Å². The summed E-state index contributed by atoms with van der Waals surface area (Å²) in [4.78, 5) is 19.3. The van der Waals surface area contributed by atoms with E-state index < -0.39 is 29.8 Å². The first kappa shape index (κ1) is 18.8. The highest BCUT2D eigenvalue weighted by Gasteiger charge is 2.31. The number of carboxylic acid groups (broad SMARTS) is 1. The molecule has 0 aliphatic carbocycles. The molecule has 144 valence electrons. The molecule has 2 aromatic rings. The lowest BCUT2D eigenvalue weighted by Crippen LogP contribution is -2.41. The summed E-state index contributed by atoms with van der Waals surface area (Å²) in [6.07, 6.45) is -5.16. The molecule has 0 saturated carbocycles. The molecular weight excluding hydrogens is 372 g/mol. The highest BCUT2D eigenvalue weighted by Crippen LogP contribution is 2.29. The van der Waals surface area contributed by atoms with E-state index in [0.717, 1.165) is 11.0 Å². The number of halogens is 4. The number of anilines is 2. The molecule has 0 bridgehead atoms. The van der Waals surface area contributed by atoms with Crippen molar-refractivity contribution in [1.29, 1.82) is 0 Å². The van der Waals surface area contributed by atoms with E-state index in [0.29, 0.717) is 12.4 Å². The normalized spacial score (nSPS) is 17.6. The summed E-state index contributed by atoms with van der Waals surface area (Å²) in [6, 6.07) is 4.00. The van der Waals surface area contributed by atoms with Gasteiger partial charge >= 0.3 is 12.3 Å². The molecule has 11 heteroatoms. The van der Waals surface area contributed by atoms with Gasteiger partial charge in [-0.05, 0) is 12.1 Å². The lowest BCUT2D eigenvalue weighted by Gasteiger charge is -2.31. The standard InChI is InChI=1S/C16H14F4N4O3/c17-12-5-10(23-14-21-6-9(7-22-14)16(18,19)20)1-2-11(12)13-8-24(15(25)26)3-4-27-13/h1-2,5-7,13H,3-4,8H2,(H,25,26)(H,21,22,23). The van der Waals surface area contributed by atoms with E-state index in [9.17, 15) is 22.4 Å². The molecule has 2 N–H and O–H groups in total. The summed E-state index contributed by atoms with van der Waals surface area (Å²) in [7, 11) is 0. The van der Waals surface area contributed by atoms with Crippen LogP contribution in [-0.4, -0.2) is 45.8 Å². The zero-order valence-corrected chi connectivity index (χ0v) is 13.7. The van der Waals surface area contributed by atoms with E-state index in [1.54, 1.807) is 0 Å². The second-order valence-corrected chi connectivity index (χ2v) is 5.74. The maximum absolute atomic E-state index is 14.4. The van der Waals surface area contributed by atoms with Crippen molar-refractivity contribution in [2.24, 2.45) is 0 Å². The van der Waals surface area contributed by atoms with E-state index in [-0.39, 0.29) is 36.9 Å². The van der Waals surface area contributed by atoms with Gasteiger partial charge in [-0.1, -0.05) is 6.07 Å². The van der Waals surface area contributed by atoms with Gasteiger partial charge in [-0.3, -0.25) is 0 Å². The Morgan fingerprint density at radius 2 is 2.00 bits per heavy atom. The number of alkyl halides is 3. The van der Waals surface area contributed by atoms with Crippen molar-refractivity contribution in [3.63, 3.8) is 0 Å². The molecule has 1 aliphatic heterocycles. The minimum Gasteiger partial charge on any atom is -0.465 e. The van der Waals surface area contributed by atoms with E-state index in [1.807, 2.05) is 0 Å². The molecule has 1 fully saturated rings. The molecule has 1 aromatic carbocycles. The Morgan fingerprint density at radius 1 is 1.30 bits per heavy atom. The van der Waals surface area contributed by atoms with Crippen LogP contribution in [0.3, 0.4) is 0 Å². The fourth-order valence-corrected chi connectivity index (χ4v) is 2.55. The second-order valence-electron chi connectivity index (χ2n) is 5.74. The first-order valence-corrected chi connectivity index (χ1v) is 7.79. The third-order valence-corrected chi connectivity index (χ3v) is 3.92. The minimum atomic E-state index is -4.55. The van der Waals surface area contributed by atoms with Crippen LogP contribution < -0.4 is 5.32 Å². The first-order chi connectivity index (χ1) is 12.7. The van der Waals surface area contributed by atoms with Crippen molar-refractivity contribution in [1.82, 2.24) is 14.9 Å². The number of hydrogen-bond donors (Lipinski definition) is 2. The Kier molecular flexibility index (Phi) is 5.13. The Balaban J connectivity index is 1.72. The highest BCUT2D eigenvalue weighted by atomic mass is 19.4. The van der Waals surface area contributed by atoms with Crippen molar-refractivity contribution in [3.8, 4) is 0 Å². The van der Waals surface area contributed by atoms with Crippen LogP contribution in [-0.2, 0) is 10.9 Å². The number of morpholine rings is 1. The number of amides is 1. The van der Waals surface area contributed by atoms with Gasteiger partial charge in [-0.25, -0.2) is 19.2 Å². The predicted octanol–water partition coefficient (Wildman–Crippen LogP) is 3.43. The van der Waals surface area contributed by atoms with Gasteiger partial charge in [0.2, 0.25) is 5.95 Å². The van der Waals surface area contributed by atoms with Crippen molar-refractivity contribution >= 4 is 17.7 Å².